The minimum Gasteiger partial charge on any atom is -0.352 e. The standard InChI is InChI=1S/C15H20BrNO/c1-15(9-3-2-4-10-15)14(18)17-11-12-5-7-13(16)8-6-12/h5-8H,2-4,9-11H2,1H3,(H,17,18). The molecule has 18 heavy (non-hydrogen) atoms. The molecule has 3 heteroatoms. The van der Waals surface area contributed by atoms with Gasteiger partial charge in [-0.1, -0.05) is 54.2 Å². The summed E-state index contributed by atoms with van der Waals surface area (Å²) in [7, 11) is 0. The maximum Gasteiger partial charge on any atom is 0.226 e. The van der Waals surface area contributed by atoms with Gasteiger partial charge in [0.2, 0.25) is 5.91 Å². The monoisotopic (exact) mass is 309 g/mol. The summed E-state index contributed by atoms with van der Waals surface area (Å²) < 4.78 is 1.07. The quantitative estimate of drug-likeness (QED) is 0.897. The number of carbonyl (C=O) groups is 1. The van der Waals surface area contributed by atoms with E-state index in [4.69, 9.17) is 0 Å². The van der Waals surface area contributed by atoms with Gasteiger partial charge in [0.1, 0.15) is 0 Å². The molecule has 0 aromatic heterocycles. The highest BCUT2D eigenvalue weighted by atomic mass is 79.9. The molecule has 0 radical (unpaired) electrons. The molecule has 2 rings (SSSR count). The molecular weight excluding hydrogens is 290 g/mol. The van der Waals surface area contributed by atoms with Crippen LogP contribution >= 0.6 is 15.9 Å². The predicted molar refractivity (Wildman–Crippen MR) is 77.2 cm³/mol. The maximum absolute atomic E-state index is 12.2. The number of carbonyl (C=O) groups excluding carboxylic acids is 1. The lowest BCUT2D eigenvalue weighted by Crippen LogP contribution is -2.39. The zero-order valence-corrected chi connectivity index (χ0v) is 12.4. The molecular formula is C15H20BrNO. The van der Waals surface area contributed by atoms with Crippen molar-refractivity contribution in [1.82, 2.24) is 5.32 Å². The summed E-state index contributed by atoms with van der Waals surface area (Å²) in [6.45, 7) is 2.73. The number of hydrogen-bond acceptors (Lipinski definition) is 1. The van der Waals surface area contributed by atoms with Crippen molar-refractivity contribution in [3.63, 3.8) is 0 Å². The van der Waals surface area contributed by atoms with Gasteiger partial charge < -0.3 is 5.32 Å². The van der Waals surface area contributed by atoms with E-state index in [2.05, 4.69) is 28.2 Å². The molecule has 0 heterocycles. The van der Waals surface area contributed by atoms with Crippen molar-refractivity contribution >= 4 is 21.8 Å². The molecule has 0 saturated heterocycles. The van der Waals surface area contributed by atoms with Gasteiger partial charge in [-0.3, -0.25) is 4.79 Å². The van der Waals surface area contributed by atoms with Crippen LogP contribution in [0.2, 0.25) is 0 Å². The fourth-order valence-corrected chi connectivity index (χ4v) is 2.82. The molecule has 0 atom stereocenters. The Morgan fingerprint density at radius 3 is 2.44 bits per heavy atom. The van der Waals surface area contributed by atoms with Crippen LogP contribution in [-0.4, -0.2) is 5.91 Å². The van der Waals surface area contributed by atoms with Gasteiger partial charge in [-0.25, -0.2) is 0 Å². The summed E-state index contributed by atoms with van der Waals surface area (Å²) in [4.78, 5) is 12.2. The average molecular weight is 310 g/mol. The van der Waals surface area contributed by atoms with Crippen molar-refractivity contribution in [3.8, 4) is 0 Å². The Hall–Kier alpha value is -0.830. The number of benzene rings is 1. The van der Waals surface area contributed by atoms with Crippen molar-refractivity contribution in [1.29, 1.82) is 0 Å². The molecule has 0 unspecified atom stereocenters. The molecule has 1 aliphatic carbocycles. The van der Waals surface area contributed by atoms with Gasteiger partial charge in [0, 0.05) is 16.4 Å². The van der Waals surface area contributed by atoms with Crippen molar-refractivity contribution in [2.24, 2.45) is 5.41 Å². The van der Waals surface area contributed by atoms with Crippen molar-refractivity contribution in [2.45, 2.75) is 45.6 Å². The summed E-state index contributed by atoms with van der Waals surface area (Å²) in [5, 5.41) is 3.07. The molecule has 0 aliphatic heterocycles. The van der Waals surface area contributed by atoms with Gasteiger partial charge >= 0.3 is 0 Å². The van der Waals surface area contributed by atoms with Crippen molar-refractivity contribution in [3.05, 3.63) is 34.3 Å². The molecule has 1 aromatic rings. The second-order valence-corrected chi connectivity index (χ2v) is 6.35. The van der Waals surface area contributed by atoms with E-state index in [1.165, 1.54) is 19.3 Å². The molecule has 1 N–H and O–H groups in total. The number of halogens is 1. The Morgan fingerprint density at radius 2 is 1.83 bits per heavy atom. The van der Waals surface area contributed by atoms with E-state index in [-0.39, 0.29) is 11.3 Å². The van der Waals surface area contributed by atoms with Crippen molar-refractivity contribution in [2.75, 3.05) is 0 Å². The maximum atomic E-state index is 12.2. The molecule has 0 bridgehead atoms. The molecule has 98 valence electrons. The zero-order chi connectivity index (χ0) is 13.0. The van der Waals surface area contributed by atoms with E-state index < -0.39 is 0 Å². The first-order chi connectivity index (χ1) is 8.60. The van der Waals surface area contributed by atoms with Crippen LogP contribution in [0.4, 0.5) is 0 Å². The number of amides is 1. The first-order valence-electron chi connectivity index (χ1n) is 6.63. The van der Waals surface area contributed by atoms with Gasteiger partial charge in [0.25, 0.3) is 0 Å². The van der Waals surface area contributed by atoms with Crippen LogP contribution in [0.1, 0.15) is 44.6 Å². The van der Waals surface area contributed by atoms with E-state index in [1.807, 2.05) is 24.3 Å². The third-order valence-corrected chi connectivity index (χ3v) is 4.40. The molecule has 1 aliphatic rings. The largest absolute Gasteiger partial charge is 0.352 e. The lowest BCUT2D eigenvalue weighted by Gasteiger charge is -2.32. The third kappa shape index (κ3) is 3.35. The summed E-state index contributed by atoms with van der Waals surface area (Å²) in [6, 6.07) is 8.08. The Balaban J connectivity index is 1.89. The van der Waals surface area contributed by atoms with Crippen LogP contribution in [0.25, 0.3) is 0 Å². The summed E-state index contributed by atoms with van der Waals surface area (Å²) in [5.41, 5.74) is 0.999. The highest BCUT2D eigenvalue weighted by Gasteiger charge is 2.34. The molecule has 1 fully saturated rings. The number of hydrogen-bond donors (Lipinski definition) is 1. The average Bonchev–Trinajstić information content (AvgIpc) is 2.38. The zero-order valence-electron chi connectivity index (χ0n) is 10.8. The summed E-state index contributed by atoms with van der Waals surface area (Å²) >= 11 is 3.41. The van der Waals surface area contributed by atoms with Gasteiger partial charge in [-0.05, 0) is 30.5 Å². The third-order valence-electron chi connectivity index (χ3n) is 3.87. The number of nitrogens with one attached hydrogen (secondary N) is 1. The van der Waals surface area contributed by atoms with Crippen LogP contribution in [-0.2, 0) is 11.3 Å². The molecule has 2 nitrogen and oxygen atoms in total. The fourth-order valence-electron chi connectivity index (χ4n) is 2.56. The smallest absolute Gasteiger partial charge is 0.226 e. The number of rotatable bonds is 3. The first kappa shape index (κ1) is 13.6. The lowest BCUT2D eigenvalue weighted by atomic mass is 9.75. The minimum atomic E-state index is -0.145. The second kappa shape index (κ2) is 5.87. The highest BCUT2D eigenvalue weighted by Crippen LogP contribution is 2.35. The van der Waals surface area contributed by atoms with E-state index in [1.54, 1.807) is 0 Å². The Labute approximate surface area is 117 Å². The van der Waals surface area contributed by atoms with Gasteiger partial charge in [-0.15, -0.1) is 0 Å². The van der Waals surface area contributed by atoms with E-state index in [0.717, 1.165) is 22.9 Å². The van der Waals surface area contributed by atoms with Crippen LogP contribution in [0.3, 0.4) is 0 Å². The van der Waals surface area contributed by atoms with Crippen LogP contribution < -0.4 is 5.32 Å². The van der Waals surface area contributed by atoms with Gasteiger partial charge in [-0.2, -0.15) is 0 Å². The topological polar surface area (TPSA) is 29.1 Å². The Bertz CT molecular complexity index is 407. The fraction of sp³-hybridized carbons (Fsp3) is 0.533. The van der Waals surface area contributed by atoms with Crippen LogP contribution in [0.15, 0.2) is 28.7 Å². The first-order valence-corrected chi connectivity index (χ1v) is 7.42. The minimum absolute atomic E-state index is 0.145. The van der Waals surface area contributed by atoms with E-state index in [9.17, 15) is 4.79 Å². The second-order valence-electron chi connectivity index (χ2n) is 5.43. The Kier molecular flexibility index (Phi) is 4.44. The normalized spacial score (nSPS) is 18.3. The Morgan fingerprint density at radius 1 is 1.22 bits per heavy atom. The van der Waals surface area contributed by atoms with Gasteiger partial charge in [0.05, 0.1) is 0 Å². The van der Waals surface area contributed by atoms with Crippen molar-refractivity contribution < 1.29 is 4.79 Å². The van der Waals surface area contributed by atoms with Gasteiger partial charge in [0.15, 0.2) is 0 Å². The molecule has 1 aromatic carbocycles. The van der Waals surface area contributed by atoms with E-state index >= 15 is 0 Å². The summed E-state index contributed by atoms with van der Waals surface area (Å²) in [6.07, 6.45) is 5.69. The predicted octanol–water partition coefficient (Wildman–Crippen LogP) is 4.04. The SMILES string of the molecule is CC1(C(=O)NCc2ccc(Br)cc2)CCCCC1. The summed E-state index contributed by atoms with van der Waals surface area (Å²) in [5.74, 6) is 0.213. The molecule has 1 amide bonds. The highest BCUT2D eigenvalue weighted by molar-refractivity contribution is 9.10. The molecule has 0 spiro atoms. The lowest BCUT2D eigenvalue weighted by molar-refractivity contribution is -0.132. The van der Waals surface area contributed by atoms with E-state index in [0.29, 0.717) is 6.54 Å². The van der Waals surface area contributed by atoms with Crippen LogP contribution in [0, 0.1) is 5.41 Å². The van der Waals surface area contributed by atoms with Crippen LogP contribution in [0.5, 0.6) is 0 Å². The molecule has 1 saturated carbocycles.